The number of rotatable bonds is 1. The molecule has 0 bridgehead atoms. The molecule has 1 aromatic heterocycles. The van der Waals surface area contributed by atoms with Gasteiger partial charge in [-0.2, -0.15) is 5.26 Å². The lowest BCUT2D eigenvalue weighted by atomic mass is 10.1. The Morgan fingerprint density at radius 2 is 2.13 bits per heavy atom. The summed E-state index contributed by atoms with van der Waals surface area (Å²) in [4.78, 5) is 3.80. The minimum atomic E-state index is -0.573. The zero-order valence-electron chi connectivity index (χ0n) is 8.93. The van der Waals surface area contributed by atoms with Crippen LogP contribution in [0.4, 0.5) is 16.0 Å². The Labute approximate surface area is 87.9 Å². The van der Waals surface area contributed by atoms with E-state index in [4.69, 9.17) is 11.0 Å². The van der Waals surface area contributed by atoms with Crippen LogP contribution in [-0.4, -0.2) is 10.5 Å². The van der Waals surface area contributed by atoms with Crippen molar-refractivity contribution in [2.24, 2.45) is 0 Å². The van der Waals surface area contributed by atoms with Crippen molar-refractivity contribution >= 4 is 11.6 Å². The van der Waals surface area contributed by atoms with Gasteiger partial charge in [0.1, 0.15) is 11.9 Å². The van der Waals surface area contributed by atoms with Crippen LogP contribution in [0, 0.1) is 17.1 Å². The second kappa shape index (κ2) is 3.73. The maximum Gasteiger partial charge on any atom is 0.166 e. The van der Waals surface area contributed by atoms with Crippen molar-refractivity contribution in [2.45, 2.75) is 26.3 Å². The predicted octanol–water partition coefficient (Wildman–Crippen LogP) is 1.88. The first-order valence-electron chi connectivity index (χ1n) is 4.48. The molecule has 3 N–H and O–H groups in total. The second-order valence-corrected chi connectivity index (χ2v) is 4.24. The average Bonchev–Trinajstić information content (AvgIpc) is 2.08. The Bertz CT molecular complexity index is 415. The molecular weight excluding hydrogens is 195 g/mol. The fraction of sp³-hybridized carbons (Fsp3) is 0.400. The summed E-state index contributed by atoms with van der Waals surface area (Å²) in [7, 11) is 0. The van der Waals surface area contributed by atoms with Crippen LogP contribution in [0.1, 0.15) is 26.3 Å². The fourth-order valence-corrected chi connectivity index (χ4v) is 1.04. The van der Waals surface area contributed by atoms with Gasteiger partial charge in [0.15, 0.2) is 11.6 Å². The summed E-state index contributed by atoms with van der Waals surface area (Å²) in [6.45, 7) is 5.63. The summed E-state index contributed by atoms with van der Waals surface area (Å²) in [5.74, 6) is -0.472. The first-order valence-corrected chi connectivity index (χ1v) is 4.48. The highest BCUT2D eigenvalue weighted by atomic mass is 19.1. The quantitative estimate of drug-likeness (QED) is 0.739. The molecule has 1 heterocycles. The van der Waals surface area contributed by atoms with Crippen molar-refractivity contribution in [3.05, 3.63) is 17.4 Å². The van der Waals surface area contributed by atoms with Gasteiger partial charge in [0.05, 0.1) is 5.56 Å². The molecule has 0 fully saturated rings. The van der Waals surface area contributed by atoms with E-state index in [1.807, 2.05) is 20.8 Å². The summed E-state index contributed by atoms with van der Waals surface area (Å²) >= 11 is 0. The molecule has 0 spiro atoms. The minimum Gasteiger partial charge on any atom is -0.383 e. The fourth-order valence-electron chi connectivity index (χ4n) is 1.04. The van der Waals surface area contributed by atoms with E-state index in [2.05, 4.69) is 10.3 Å². The van der Waals surface area contributed by atoms with Crippen LogP contribution in [0.25, 0.3) is 0 Å². The second-order valence-electron chi connectivity index (χ2n) is 4.24. The van der Waals surface area contributed by atoms with Gasteiger partial charge in [-0.3, -0.25) is 0 Å². The monoisotopic (exact) mass is 208 g/mol. The van der Waals surface area contributed by atoms with Gasteiger partial charge in [-0.15, -0.1) is 0 Å². The summed E-state index contributed by atoms with van der Waals surface area (Å²) in [6, 6.07) is 2.85. The van der Waals surface area contributed by atoms with Gasteiger partial charge in [-0.1, -0.05) is 0 Å². The van der Waals surface area contributed by atoms with Crippen LogP contribution < -0.4 is 11.1 Å². The highest BCUT2D eigenvalue weighted by Gasteiger charge is 2.15. The molecule has 0 aromatic carbocycles. The minimum absolute atomic E-state index is 0.0330. The van der Waals surface area contributed by atoms with E-state index >= 15 is 0 Å². The van der Waals surface area contributed by atoms with Crippen molar-refractivity contribution in [1.82, 2.24) is 4.98 Å². The molecular formula is C10H13FN4. The van der Waals surface area contributed by atoms with Gasteiger partial charge in [0.2, 0.25) is 0 Å². The Morgan fingerprint density at radius 3 is 2.60 bits per heavy atom. The smallest absolute Gasteiger partial charge is 0.166 e. The van der Waals surface area contributed by atoms with E-state index in [-0.39, 0.29) is 22.7 Å². The zero-order chi connectivity index (χ0) is 11.6. The van der Waals surface area contributed by atoms with Crippen molar-refractivity contribution in [2.75, 3.05) is 11.1 Å². The Kier molecular flexibility index (Phi) is 2.80. The lowest BCUT2D eigenvalue weighted by Gasteiger charge is -2.21. The first kappa shape index (κ1) is 11.2. The van der Waals surface area contributed by atoms with Crippen LogP contribution in [0.2, 0.25) is 0 Å². The van der Waals surface area contributed by atoms with Crippen molar-refractivity contribution < 1.29 is 4.39 Å². The number of hydrogen-bond donors (Lipinski definition) is 2. The first-order chi connectivity index (χ1) is 6.83. The highest BCUT2D eigenvalue weighted by molar-refractivity contribution is 5.55. The van der Waals surface area contributed by atoms with E-state index in [1.165, 1.54) is 0 Å². The van der Waals surface area contributed by atoms with Gasteiger partial charge < -0.3 is 11.1 Å². The maximum absolute atomic E-state index is 13.4. The van der Waals surface area contributed by atoms with Crippen LogP contribution >= 0.6 is 0 Å². The number of nitrogens with two attached hydrogens (primary N) is 1. The average molecular weight is 208 g/mol. The lowest BCUT2D eigenvalue weighted by Crippen LogP contribution is -2.27. The molecule has 80 valence electrons. The predicted molar refractivity (Wildman–Crippen MR) is 56.7 cm³/mol. The molecule has 0 aliphatic carbocycles. The van der Waals surface area contributed by atoms with Gasteiger partial charge in [0, 0.05) is 5.54 Å². The van der Waals surface area contributed by atoms with Crippen molar-refractivity contribution in [3.8, 4) is 6.07 Å². The number of pyridine rings is 1. The summed E-state index contributed by atoms with van der Waals surface area (Å²) < 4.78 is 13.4. The normalized spacial score (nSPS) is 10.9. The molecule has 0 unspecified atom stereocenters. The highest BCUT2D eigenvalue weighted by Crippen LogP contribution is 2.20. The number of anilines is 2. The molecule has 1 rings (SSSR count). The third-order valence-electron chi connectivity index (χ3n) is 1.62. The Hall–Kier alpha value is -1.83. The molecule has 15 heavy (non-hydrogen) atoms. The maximum atomic E-state index is 13.4. The number of hydrogen-bond acceptors (Lipinski definition) is 4. The van der Waals surface area contributed by atoms with Crippen molar-refractivity contribution in [3.63, 3.8) is 0 Å². The van der Waals surface area contributed by atoms with Gasteiger partial charge in [-0.25, -0.2) is 9.37 Å². The van der Waals surface area contributed by atoms with E-state index in [9.17, 15) is 4.39 Å². The number of nitriles is 1. The molecule has 4 nitrogen and oxygen atoms in total. The van der Waals surface area contributed by atoms with Crippen LogP contribution in [-0.2, 0) is 0 Å². The van der Waals surface area contributed by atoms with Crippen molar-refractivity contribution in [1.29, 1.82) is 5.26 Å². The molecule has 0 saturated carbocycles. The van der Waals surface area contributed by atoms with Gasteiger partial charge in [-0.05, 0) is 26.8 Å². The third-order valence-corrected chi connectivity index (χ3v) is 1.62. The van der Waals surface area contributed by atoms with Gasteiger partial charge in [0.25, 0.3) is 0 Å². The zero-order valence-corrected chi connectivity index (χ0v) is 8.93. The van der Waals surface area contributed by atoms with Crippen LogP contribution in [0.3, 0.4) is 0 Å². The molecule has 0 radical (unpaired) electrons. The number of aromatic nitrogens is 1. The van der Waals surface area contributed by atoms with E-state index < -0.39 is 5.82 Å². The number of halogens is 1. The summed E-state index contributed by atoms with van der Waals surface area (Å²) in [5.41, 5.74) is 5.22. The van der Waals surface area contributed by atoms with Crippen LogP contribution in [0.5, 0.6) is 0 Å². The van der Waals surface area contributed by atoms with E-state index in [0.29, 0.717) is 0 Å². The summed E-state index contributed by atoms with van der Waals surface area (Å²) in [6.07, 6.45) is 0. The number of nitrogen functional groups attached to an aromatic ring is 1. The molecule has 1 aromatic rings. The Balaban J connectivity index is 3.13. The van der Waals surface area contributed by atoms with E-state index in [1.54, 1.807) is 6.07 Å². The molecule has 0 amide bonds. The molecule has 0 atom stereocenters. The third kappa shape index (κ3) is 2.81. The van der Waals surface area contributed by atoms with E-state index in [0.717, 1.165) is 6.07 Å². The molecule has 5 heteroatoms. The lowest BCUT2D eigenvalue weighted by molar-refractivity contribution is 0.591. The summed E-state index contributed by atoms with van der Waals surface area (Å²) in [5, 5.41) is 11.5. The molecule has 0 aliphatic heterocycles. The Morgan fingerprint density at radius 1 is 1.53 bits per heavy atom. The molecule has 0 aliphatic rings. The largest absolute Gasteiger partial charge is 0.383 e. The van der Waals surface area contributed by atoms with Gasteiger partial charge >= 0.3 is 0 Å². The number of nitrogens with one attached hydrogen (secondary N) is 1. The topological polar surface area (TPSA) is 74.7 Å². The standard InChI is InChI=1S/C10H13FN4/c1-10(2,3)15-9-7(11)4-6(5-12)8(13)14-9/h4H,1-3H3,(H3,13,14,15). The SMILES string of the molecule is CC(C)(C)Nc1nc(N)c(C#N)cc1F. The van der Waals surface area contributed by atoms with Crippen LogP contribution in [0.15, 0.2) is 6.07 Å². The number of nitrogens with zero attached hydrogens (tertiary/aromatic N) is 2. The molecule has 0 saturated heterocycles.